The molecule has 0 bridgehead atoms. The van der Waals surface area contributed by atoms with Gasteiger partial charge in [0.15, 0.2) is 5.82 Å². The van der Waals surface area contributed by atoms with Crippen molar-refractivity contribution in [1.29, 1.82) is 0 Å². The van der Waals surface area contributed by atoms with Crippen LogP contribution >= 0.6 is 11.6 Å². The molecular weight excluding hydrogens is 334 g/mol. The minimum absolute atomic E-state index is 0.269. The summed E-state index contributed by atoms with van der Waals surface area (Å²) in [6.45, 7) is 5.02. The van der Waals surface area contributed by atoms with E-state index in [4.69, 9.17) is 11.6 Å². The molecule has 0 spiro atoms. The highest BCUT2D eigenvalue weighted by Gasteiger charge is 2.14. The van der Waals surface area contributed by atoms with Gasteiger partial charge in [0.25, 0.3) is 0 Å². The summed E-state index contributed by atoms with van der Waals surface area (Å²) in [5, 5.41) is 11.9. The highest BCUT2D eigenvalue weighted by molar-refractivity contribution is 6.33. The van der Waals surface area contributed by atoms with Crippen molar-refractivity contribution < 1.29 is 0 Å². The standard InChI is InChI=1S/C19H20ClN5/c1-14(2)25(13-15-8-4-3-5-9-15)18-12-21-24-19(23-18)22-17-11-7-6-10-16(17)20/h3-12,14H,13H2,1-2H3,(H,22,23,24). The van der Waals surface area contributed by atoms with Gasteiger partial charge in [-0.05, 0) is 31.5 Å². The molecule has 0 aliphatic heterocycles. The van der Waals surface area contributed by atoms with Crippen LogP contribution in [-0.4, -0.2) is 21.2 Å². The van der Waals surface area contributed by atoms with Crippen LogP contribution in [0.5, 0.6) is 0 Å². The zero-order chi connectivity index (χ0) is 17.6. The molecule has 0 amide bonds. The number of nitrogens with one attached hydrogen (secondary N) is 1. The van der Waals surface area contributed by atoms with Gasteiger partial charge in [-0.15, -0.1) is 5.10 Å². The van der Waals surface area contributed by atoms with E-state index in [9.17, 15) is 0 Å². The second-order valence-electron chi connectivity index (χ2n) is 5.95. The number of hydrogen-bond acceptors (Lipinski definition) is 5. The minimum Gasteiger partial charge on any atom is -0.348 e. The summed E-state index contributed by atoms with van der Waals surface area (Å²) in [5.74, 6) is 1.19. The first-order valence-corrected chi connectivity index (χ1v) is 8.53. The van der Waals surface area contributed by atoms with E-state index in [-0.39, 0.29) is 6.04 Å². The lowest BCUT2D eigenvalue weighted by molar-refractivity contribution is 0.668. The quantitative estimate of drug-likeness (QED) is 0.697. The number of hydrogen-bond donors (Lipinski definition) is 1. The van der Waals surface area contributed by atoms with Gasteiger partial charge in [0, 0.05) is 12.6 Å². The number of para-hydroxylation sites is 1. The summed E-state index contributed by atoms with van der Waals surface area (Å²) in [6, 6.07) is 18.0. The normalized spacial score (nSPS) is 10.7. The molecule has 2 aromatic carbocycles. The third kappa shape index (κ3) is 4.45. The van der Waals surface area contributed by atoms with Crippen molar-refractivity contribution in [3.05, 3.63) is 71.4 Å². The van der Waals surface area contributed by atoms with Crippen molar-refractivity contribution in [1.82, 2.24) is 15.2 Å². The third-order valence-corrected chi connectivity index (χ3v) is 4.11. The van der Waals surface area contributed by atoms with Crippen LogP contribution < -0.4 is 10.2 Å². The van der Waals surface area contributed by atoms with E-state index in [1.165, 1.54) is 5.56 Å². The van der Waals surface area contributed by atoms with Crippen LogP contribution in [0, 0.1) is 0 Å². The molecule has 6 heteroatoms. The van der Waals surface area contributed by atoms with Gasteiger partial charge in [-0.3, -0.25) is 0 Å². The zero-order valence-corrected chi connectivity index (χ0v) is 15.0. The minimum atomic E-state index is 0.269. The average molecular weight is 354 g/mol. The Morgan fingerprint density at radius 2 is 1.76 bits per heavy atom. The molecule has 25 heavy (non-hydrogen) atoms. The Labute approximate surface area is 152 Å². The van der Waals surface area contributed by atoms with Crippen LogP contribution in [0.15, 0.2) is 60.8 Å². The molecule has 128 valence electrons. The number of halogens is 1. The number of rotatable bonds is 6. The van der Waals surface area contributed by atoms with Gasteiger partial charge in [0.2, 0.25) is 5.95 Å². The lowest BCUT2D eigenvalue weighted by Gasteiger charge is -2.27. The molecule has 0 unspecified atom stereocenters. The van der Waals surface area contributed by atoms with Crippen LogP contribution in [0.25, 0.3) is 0 Å². The lowest BCUT2D eigenvalue weighted by atomic mass is 10.2. The number of anilines is 3. The van der Waals surface area contributed by atoms with Gasteiger partial charge in [-0.25, -0.2) is 0 Å². The van der Waals surface area contributed by atoms with E-state index in [2.05, 4.69) is 51.4 Å². The van der Waals surface area contributed by atoms with Crippen molar-refractivity contribution in [2.24, 2.45) is 0 Å². The van der Waals surface area contributed by atoms with Gasteiger partial charge < -0.3 is 10.2 Å². The maximum Gasteiger partial charge on any atom is 0.249 e. The van der Waals surface area contributed by atoms with Crippen molar-refractivity contribution in [3.63, 3.8) is 0 Å². The molecule has 0 fully saturated rings. The Morgan fingerprint density at radius 1 is 1.04 bits per heavy atom. The predicted molar refractivity (Wildman–Crippen MR) is 102 cm³/mol. The Bertz CT molecular complexity index is 823. The number of benzene rings is 2. The monoisotopic (exact) mass is 353 g/mol. The van der Waals surface area contributed by atoms with Gasteiger partial charge in [0.05, 0.1) is 16.9 Å². The van der Waals surface area contributed by atoms with Gasteiger partial charge >= 0.3 is 0 Å². The zero-order valence-electron chi connectivity index (χ0n) is 14.2. The third-order valence-electron chi connectivity index (χ3n) is 3.78. The van der Waals surface area contributed by atoms with Gasteiger partial charge in [0.1, 0.15) is 0 Å². The Balaban J connectivity index is 1.84. The second kappa shape index (κ2) is 7.94. The van der Waals surface area contributed by atoms with E-state index in [1.54, 1.807) is 6.20 Å². The van der Waals surface area contributed by atoms with Crippen molar-refractivity contribution >= 4 is 29.1 Å². The number of nitrogens with zero attached hydrogens (tertiary/aromatic N) is 4. The largest absolute Gasteiger partial charge is 0.348 e. The fraction of sp³-hybridized carbons (Fsp3) is 0.211. The van der Waals surface area contributed by atoms with Crippen LogP contribution in [0.2, 0.25) is 5.02 Å². The molecule has 0 aliphatic carbocycles. The fourth-order valence-corrected chi connectivity index (χ4v) is 2.66. The average Bonchev–Trinajstić information content (AvgIpc) is 2.62. The Kier molecular flexibility index (Phi) is 5.46. The number of aromatic nitrogens is 3. The maximum atomic E-state index is 6.19. The molecule has 1 N–H and O–H groups in total. The molecule has 0 saturated carbocycles. The summed E-state index contributed by atoms with van der Waals surface area (Å²) >= 11 is 6.19. The molecule has 3 rings (SSSR count). The first kappa shape index (κ1) is 17.2. The van der Waals surface area contributed by atoms with Crippen molar-refractivity contribution in [2.45, 2.75) is 26.4 Å². The van der Waals surface area contributed by atoms with Crippen LogP contribution in [0.1, 0.15) is 19.4 Å². The second-order valence-corrected chi connectivity index (χ2v) is 6.36. The summed E-state index contributed by atoms with van der Waals surface area (Å²) in [6.07, 6.45) is 1.68. The molecule has 0 aliphatic rings. The predicted octanol–water partition coefficient (Wildman–Crippen LogP) is 4.68. The fourth-order valence-electron chi connectivity index (χ4n) is 2.48. The van der Waals surface area contributed by atoms with Crippen LogP contribution in [0.4, 0.5) is 17.5 Å². The first-order valence-electron chi connectivity index (χ1n) is 8.15. The topological polar surface area (TPSA) is 53.9 Å². The highest BCUT2D eigenvalue weighted by atomic mass is 35.5. The van der Waals surface area contributed by atoms with Crippen molar-refractivity contribution in [3.8, 4) is 0 Å². The van der Waals surface area contributed by atoms with E-state index in [1.807, 2.05) is 42.5 Å². The summed E-state index contributed by atoms with van der Waals surface area (Å²) < 4.78 is 0. The molecule has 1 aromatic heterocycles. The summed E-state index contributed by atoms with van der Waals surface area (Å²) in [5.41, 5.74) is 1.97. The van der Waals surface area contributed by atoms with E-state index in [0.29, 0.717) is 11.0 Å². The molecule has 5 nitrogen and oxygen atoms in total. The molecule has 0 atom stereocenters. The van der Waals surface area contributed by atoms with E-state index >= 15 is 0 Å². The summed E-state index contributed by atoms with van der Waals surface area (Å²) in [4.78, 5) is 6.79. The maximum absolute atomic E-state index is 6.19. The molecule has 0 radical (unpaired) electrons. The molecule has 3 aromatic rings. The Hall–Kier alpha value is -2.66. The molecule has 0 saturated heterocycles. The molecule has 1 heterocycles. The Morgan fingerprint density at radius 3 is 2.48 bits per heavy atom. The SMILES string of the molecule is CC(C)N(Cc1ccccc1)c1cnnc(Nc2ccccc2Cl)n1. The summed E-state index contributed by atoms with van der Waals surface area (Å²) in [7, 11) is 0. The van der Waals surface area contributed by atoms with E-state index < -0.39 is 0 Å². The van der Waals surface area contributed by atoms with Gasteiger partial charge in [-0.2, -0.15) is 10.1 Å². The van der Waals surface area contributed by atoms with Gasteiger partial charge in [-0.1, -0.05) is 54.1 Å². The van der Waals surface area contributed by atoms with Crippen LogP contribution in [0.3, 0.4) is 0 Å². The lowest BCUT2D eigenvalue weighted by Crippen LogP contribution is -2.31. The smallest absolute Gasteiger partial charge is 0.249 e. The van der Waals surface area contributed by atoms with Crippen molar-refractivity contribution in [2.75, 3.05) is 10.2 Å². The first-order chi connectivity index (χ1) is 12.1. The van der Waals surface area contributed by atoms with Crippen LogP contribution in [-0.2, 0) is 6.54 Å². The van der Waals surface area contributed by atoms with E-state index in [0.717, 1.165) is 18.1 Å². The molecular formula is C19H20ClN5. The highest BCUT2D eigenvalue weighted by Crippen LogP contribution is 2.24.